The van der Waals surface area contributed by atoms with Gasteiger partial charge in [0, 0.05) is 31.9 Å². The van der Waals surface area contributed by atoms with Gasteiger partial charge in [0.25, 0.3) is 0 Å². The molecule has 4 rings (SSSR count). The van der Waals surface area contributed by atoms with Crippen molar-refractivity contribution >= 4 is 17.6 Å². The second kappa shape index (κ2) is 5.25. The number of hydrogen-bond donors (Lipinski definition) is 1. The van der Waals surface area contributed by atoms with Crippen LogP contribution in [-0.2, 0) is 10.2 Å². The lowest BCUT2D eigenvalue weighted by Crippen LogP contribution is -2.46. The number of anilines is 1. The van der Waals surface area contributed by atoms with Gasteiger partial charge in [-0.15, -0.1) is 0 Å². The summed E-state index contributed by atoms with van der Waals surface area (Å²) >= 11 is 0. The number of fused-ring (bicyclic) bond motifs is 2. The van der Waals surface area contributed by atoms with Crippen molar-refractivity contribution in [3.05, 3.63) is 29.8 Å². The van der Waals surface area contributed by atoms with Crippen LogP contribution in [0.25, 0.3) is 0 Å². The van der Waals surface area contributed by atoms with Crippen molar-refractivity contribution in [3.8, 4) is 0 Å². The average molecular weight is 313 g/mol. The van der Waals surface area contributed by atoms with E-state index in [0.29, 0.717) is 25.6 Å². The van der Waals surface area contributed by atoms with Gasteiger partial charge < -0.3 is 15.1 Å². The Morgan fingerprint density at radius 2 is 2.00 bits per heavy atom. The van der Waals surface area contributed by atoms with Gasteiger partial charge in [-0.1, -0.05) is 31.0 Å². The molecule has 5 heteroatoms. The fourth-order valence-corrected chi connectivity index (χ4v) is 4.43. The molecule has 1 aliphatic carbocycles. The Kier molecular flexibility index (Phi) is 3.32. The molecule has 1 aromatic rings. The van der Waals surface area contributed by atoms with Crippen LogP contribution in [0.4, 0.5) is 10.5 Å². The van der Waals surface area contributed by atoms with E-state index < -0.39 is 5.41 Å². The van der Waals surface area contributed by atoms with Crippen molar-refractivity contribution < 1.29 is 9.59 Å². The molecule has 5 nitrogen and oxygen atoms in total. The van der Waals surface area contributed by atoms with E-state index in [1.807, 2.05) is 36.2 Å². The number of likely N-dealkylation sites (N-methyl/N-ethyl adjacent to an activating group) is 1. The Labute approximate surface area is 136 Å². The summed E-state index contributed by atoms with van der Waals surface area (Å²) in [6, 6.07) is 8.27. The zero-order valence-electron chi connectivity index (χ0n) is 13.5. The van der Waals surface area contributed by atoms with Crippen LogP contribution in [0.3, 0.4) is 0 Å². The number of amides is 3. The first-order chi connectivity index (χ1) is 11.1. The molecule has 2 fully saturated rings. The number of urea groups is 1. The molecule has 1 saturated carbocycles. The summed E-state index contributed by atoms with van der Waals surface area (Å²) in [5, 5.41) is 3.14. The average Bonchev–Trinajstić information content (AvgIpc) is 3.27. The lowest BCUT2D eigenvalue weighted by Gasteiger charge is -2.24. The molecule has 0 bridgehead atoms. The number of nitrogens with one attached hydrogen (secondary N) is 1. The van der Waals surface area contributed by atoms with Crippen LogP contribution in [0.2, 0.25) is 0 Å². The normalized spacial score (nSPS) is 27.1. The van der Waals surface area contributed by atoms with Gasteiger partial charge in [0.1, 0.15) is 0 Å². The van der Waals surface area contributed by atoms with Gasteiger partial charge in [0.15, 0.2) is 0 Å². The van der Waals surface area contributed by atoms with Gasteiger partial charge in [-0.25, -0.2) is 4.79 Å². The van der Waals surface area contributed by atoms with Crippen molar-refractivity contribution in [2.24, 2.45) is 0 Å². The molecular formula is C18H23N3O2. The van der Waals surface area contributed by atoms with Crippen LogP contribution in [0.1, 0.15) is 37.7 Å². The highest BCUT2D eigenvalue weighted by Crippen LogP contribution is 2.46. The van der Waals surface area contributed by atoms with E-state index in [1.165, 1.54) is 12.8 Å². The molecule has 23 heavy (non-hydrogen) atoms. The van der Waals surface area contributed by atoms with Crippen molar-refractivity contribution in [3.63, 3.8) is 0 Å². The highest BCUT2D eigenvalue weighted by atomic mass is 16.2. The third kappa shape index (κ3) is 2.13. The Balaban J connectivity index is 1.55. The molecular weight excluding hydrogens is 290 g/mol. The maximum Gasteiger partial charge on any atom is 0.317 e. The maximum absolute atomic E-state index is 12.9. The summed E-state index contributed by atoms with van der Waals surface area (Å²) in [5.74, 6) is 0.120. The van der Waals surface area contributed by atoms with E-state index in [1.54, 1.807) is 4.90 Å². The molecule has 1 saturated heterocycles. The third-order valence-corrected chi connectivity index (χ3v) is 5.73. The smallest absolute Gasteiger partial charge is 0.317 e. The van der Waals surface area contributed by atoms with E-state index in [-0.39, 0.29) is 11.9 Å². The monoisotopic (exact) mass is 313 g/mol. The number of hydrogen-bond acceptors (Lipinski definition) is 2. The SMILES string of the molecule is CN1C(=O)C2(CCN(C(=O)NC3CCCC3)C2)c2ccccc21. The Morgan fingerprint density at radius 3 is 2.78 bits per heavy atom. The zero-order chi connectivity index (χ0) is 16.0. The molecule has 1 N–H and O–H groups in total. The van der Waals surface area contributed by atoms with Crippen LogP contribution in [-0.4, -0.2) is 43.0 Å². The van der Waals surface area contributed by atoms with Crippen LogP contribution < -0.4 is 10.2 Å². The molecule has 122 valence electrons. The summed E-state index contributed by atoms with van der Waals surface area (Å²) in [6.45, 7) is 1.14. The first-order valence-corrected chi connectivity index (χ1v) is 8.55. The Bertz CT molecular complexity index is 653. The predicted octanol–water partition coefficient (Wildman–Crippen LogP) is 2.26. The number of likely N-dealkylation sites (tertiary alicyclic amines) is 1. The summed E-state index contributed by atoms with van der Waals surface area (Å²) < 4.78 is 0. The summed E-state index contributed by atoms with van der Waals surface area (Å²) in [4.78, 5) is 29.0. The van der Waals surface area contributed by atoms with Crippen molar-refractivity contribution in [2.45, 2.75) is 43.6 Å². The van der Waals surface area contributed by atoms with E-state index in [0.717, 1.165) is 24.1 Å². The first kappa shape index (κ1) is 14.5. The Morgan fingerprint density at radius 1 is 1.26 bits per heavy atom. The quantitative estimate of drug-likeness (QED) is 0.864. The lowest BCUT2D eigenvalue weighted by atomic mass is 9.81. The minimum atomic E-state index is -0.543. The lowest BCUT2D eigenvalue weighted by molar-refractivity contribution is -0.122. The molecule has 1 atom stereocenters. The van der Waals surface area contributed by atoms with Gasteiger partial charge in [0.2, 0.25) is 5.91 Å². The van der Waals surface area contributed by atoms with Crippen LogP contribution >= 0.6 is 0 Å². The topological polar surface area (TPSA) is 52.7 Å². The van der Waals surface area contributed by atoms with Gasteiger partial charge in [-0.05, 0) is 30.9 Å². The minimum absolute atomic E-state index is 0.00592. The van der Waals surface area contributed by atoms with E-state index >= 15 is 0 Å². The van der Waals surface area contributed by atoms with E-state index in [4.69, 9.17) is 0 Å². The molecule has 3 amide bonds. The third-order valence-electron chi connectivity index (χ3n) is 5.73. The molecule has 1 unspecified atom stereocenters. The molecule has 2 aliphatic heterocycles. The molecule has 0 radical (unpaired) electrons. The van der Waals surface area contributed by atoms with E-state index in [2.05, 4.69) is 5.32 Å². The number of rotatable bonds is 1. The van der Waals surface area contributed by atoms with Gasteiger partial charge >= 0.3 is 6.03 Å². The number of nitrogens with zero attached hydrogens (tertiary/aromatic N) is 2. The summed E-state index contributed by atoms with van der Waals surface area (Å²) in [5.41, 5.74) is 1.51. The molecule has 3 aliphatic rings. The minimum Gasteiger partial charge on any atom is -0.335 e. The van der Waals surface area contributed by atoms with E-state index in [9.17, 15) is 9.59 Å². The fraction of sp³-hybridized carbons (Fsp3) is 0.556. The van der Waals surface area contributed by atoms with Gasteiger partial charge in [0.05, 0.1) is 5.41 Å². The van der Waals surface area contributed by atoms with Crippen molar-refractivity contribution in [1.29, 1.82) is 0 Å². The largest absolute Gasteiger partial charge is 0.335 e. The van der Waals surface area contributed by atoms with Crippen LogP contribution in [0, 0.1) is 0 Å². The highest BCUT2D eigenvalue weighted by Gasteiger charge is 2.54. The van der Waals surface area contributed by atoms with Crippen molar-refractivity contribution in [1.82, 2.24) is 10.2 Å². The molecule has 2 heterocycles. The maximum atomic E-state index is 12.9. The Hall–Kier alpha value is -2.04. The highest BCUT2D eigenvalue weighted by molar-refractivity contribution is 6.08. The number of para-hydroxylation sites is 1. The summed E-state index contributed by atoms with van der Waals surface area (Å²) in [6.07, 6.45) is 5.27. The fourth-order valence-electron chi connectivity index (χ4n) is 4.43. The second-order valence-corrected chi connectivity index (χ2v) is 7.07. The molecule has 0 aromatic heterocycles. The van der Waals surface area contributed by atoms with Crippen LogP contribution in [0.15, 0.2) is 24.3 Å². The van der Waals surface area contributed by atoms with Crippen molar-refractivity contribution in [2.75, 3.05) is 25.0 Å². The zero-order valence-corrected chi connectivity index (χ0v) is 13.5. The number of carbonyl (C=O) groups excluding carboxylic acids is 2. The van der Waals surface area contributed by atoms with Gasteiger partial charge in [-0.2, -0.15) is 0 Å². The molecule has 1 aromatic carbocycles. The van der Waals surface area contributed by atoms with Crippen LogP contribution in [0.5, 0.6) is 0 Å². The molecule has 1 spiro atoms. The summed E-state index contributed by atoms with van der Waals surface area (Å²) in [7, 11) is 1.83. The van der Waals surface area contributed by atoms with Gasteiger partial charge in [-0.3, -0.25) is 4.79 Å². The number of carbonyl (C=O) groups is 2. The first-order valence-electron chi connectivity index (χ1n) is 8.55. The number of benzene rings is 1. The standard InChI is InChI=1S/C18H23N3O2/c1-20-15-9-5-4-8-14(15)18(16(20)22)10-11-21(12-18)17(23)19-13-6-2-3-7-13/h4-5,8-9,13H,2-3,6-7,10-12H2,1H3,(H,19,23). The predicted molar refractivity (Wildman–Crippen MR) is 88.5 cm³/mol. The second-order valence-electron chi connectivity index (χ2n) is 7.07.